The van der Waals surface area contributed by atoms with Gasteiger partial charge in [0, 0.05) is 32.7 Å². The van der Waals surface area contributed by atoms with Crippen LogP contribution in [0.1, 0.15) is 6.92 Å². The number of hydrazine groups is 1. The number of hydrogen-bond donors (Lipinski definition) is 2. The molecule has 1 rings (SSSR count). The monoisotopic (exact) mass is 228 g/mol. The Bertz CT molecular complexity index is 234. The van der Waals surface area contributed by atoms with Crippen molar-refractivity contribution in [2.24, 2.45) is 0 Å². The molecule has 0 aromatic rings. The van der Waals surface area contributed by atoms with E-state index in [1.54, 1.807) is 0 Å². The molecular weight excluding hydrogens is 208 g/mol. The molecule has 1 aliphatic heterocycles. The maximum Gasteiger partial charge on any atom is 0.181 e. The molecular formula is C10H20N4S. The third-order valence-corrected chi connectivity index (χ3v) is 2.55. The summed E-state index contributed by atoms with van der Waals surface area (Å²) in [6.07, 6.45) is 0. The van der Waals surface area contributed by atoms with Crippen LogP contribution >= 0.6 is 12.2 Å². The Morgan fingerprint density at radius 1 is 1.33 bits per heavy atom. The van der Waals surface area contributed by atoms with Crippen LogP contribution in [-0.4, -0.2) is 54.8 Å². The molecule has 0 radical (unpaired) electrons. The van der Waals surface area contributed by atoms with Gasteiger partial charge in [0.1, 0.15) is 0 Å². The highest BCUT2D eigenvalue weighted by atomic mass is 32.1. The highest BCUT2D eigenvalue weighted by Crippen LogP contribution is 1.95. The smallest absolute Gasteiger partial charge is 0.181 e. The van der Waals surface area contributed by atoms with Crippen molar-refractivity contribution >= 4 is 17.3 Å². The minimum Gasteiger partial charge on any atom is -0.358 e. The summed E-state index contributed by atoms with van der Waals surface area (Å²) in [6, 6.07) is 0. The second-order valence-corrected chi connectivity index (χ2v) is 4.45. The Labute approximate surface area is 97.3 Å². The van der Waals surface area contributed by atoms with Crippen LogP contribution in [0.15, 0.2) is 12.2 Å². The fourth-order valence-electron chi connectivity index (χ4n) is 1.33. The van der Waals surface area contributed by atoms with Crippen LogP contribution in [0.5, 0.6) is 0 Å². The fourth-order valence-corrected chi connectivity index (χ4v) is 1.53. The first kappa shape index (κ1) is 12.4. The van der Waals surface area contributed by atoms with Crippen molar-refractivity contribution in [2.45, 2.75) is 6.92 Å². The van der Waals surface area contributed by atoms with Crippen molar-refractivity contribution in [1.82, 2.24) is 20.7 Å². The van der Waals surface area contributed by atoms with Gasteiger partial charge in [-0.2, -0.15) is 0 Å². The maximum atomic E-state index is 5.16. The molecule has 0 bridgehead atoms. The summed E-state index contributed by atoms with van der Waals surface area (Å²) in [4.78, 5) is 2.31. The molecule has 4 nitrogen and oxygen atoms in total. The van der Waals surface area contributed by atoms with Crippen LogP contribution in [0.2, 0.25) is 0 Å². The molecule has 1 saturated heterocycles. The SMILES string of the molecule is C=C(C)CNC(=S)NN1CCN(C)CC1. The number of nitrogens with one attached hydrogen (secondary N) is 2. The molecule has 0 unspecified atom stereocenters. The average molecular weight is 228 g/mol. The lowest BCUT2D eigenvalue weighted by Gasteiger charge is -2.33. The molecule has 5 heteroatoms. The lowest BCUT2D eigenvalue weighted by molar-refractivity contribution is 0.130. The molecule has 15 heavy (non-hydrogen) atoms. The lowest BCUT2D eigenvalue weighted by Crippen LogP contribution is -2.54. The van der Waals surface area contributed by atoms with Crippen LogP contribution in [0.3, 0.4) is 0 Å². The summed E-state index contributed by atoms with van der Waals surface area (Å²) in [5.74, 6) is 0. The Hall–Kier alpha value is -0.650. The normalized spacial score (nSPS) is 18.5. The van der Waals surface area contributed by atoms with Gasteiger partial charge in [0.25, 0.3) is 0 Å². The zero-order chi connectivity index (χ0) is 11.3. The Morgan fingerprint density at radius 2 is 1.93 bits per heavy atom. The van der Waals surface area contributed by atoms with Gasteiger partial charge in [0.15, 0.2) is 5.11 Å². The quantitative estimate of drug-likeness (QED) is 0.532. The standard InChI is InChI=1S/C10H20N4S/c1-9(2)8-11-10(15)12-14-6-4-13(3)5-7-14/h1,4-8H2,2-3H3,(H2,11,12,15). The van der Waals surface area contributed by atoms with E-state index in [2.05, 4.69) is 34.3 Å². The third-order valence-electron chi connectivity index (χ3n) is 2.31. The molecule has 2 N–H and O–H groups in total. The van der Waals surface area contributed by atoms with E-state index in [1.807, 2.05) is 6.92 Å². The third kappa shape index (κ3) is 5.11. The summed E-state index contributed by atoms with van der Waals surface area (Å²) in [6.45, 7) is 10.7. The molecule has 0 aliphatic carbocycles. The van der Waals surface area contributed by atoms with Gasteiger partial charge in [-0.1, -0.05) is 12.2 Å². The van der Waals surface area contributed by atoms with Gasteiger partial charge >= 0.3 is 0 Å². The summed E-state index contributed by atoms with van der Waals surface area (Å²) in [5.41, 5.74) is 4.26. The molecule has 86 valence electrons. The minimum absolute atomic E-state index is 0.683. The predicted octanol–water partition coefficient (Wildman–Crippen LogP) is 0.189. The summed E-state index contributed by atoms with van der Waals surface area (Å²) < 4.78 is 0. The minimum atomic E-state index is 0.683. The van der Waals surface area contributed by atoms with E-state index in [0.717, 1.165) is 38.3 Å². The Balaban J connectivity index is 2.17. The van der Waals surface area contributed by atoms with Crippen molar-refractivity contribution in [2.75, 3.05) is 39.8 Å². The zero-order valence-electron chi connectivity index (χ0n) is 9.55. The molecule has 0 aromatic carbocycles. The van der Waals surface area contributed by atoms with E-state index in [-0.39, 0.29) is 0 Å². The molecule has 0 amide bonds. The van der Waals surface area contributed by atoms with Gasteiger partial charge in [-0.25, -0.2) is 5.01 Å². The van der Waals surface area contributed by atoms with Gasteiger partial charge in [-0.15, -0.1) is 0 Å². The Morgan fingerprint density at radius 3 is 2.47 bits per heavy atom. The molecule has 1 aliphatic rings. The van der Waals surface area contributed by atoms with Crippen molar-refractivity contribution in [3.63, 3.8) is 0 Å². The van der Waals surface area contributed by atoms with Gasteiger partial charge < -0.3 is 10.2 Å². The number of hydrogen-bond acceptors (Lipinski definition) is 3. The Kier molecular flexibility index (Phi) is 5.01. The van der Waals surface area contributed by atoms with Crippen molar-refractivity contribution in [1.29, 1.82) is 0 Å². The van der Waals surface area contributed by atoms with Crippen LogP contribution < -0.4 is 10.7 Å². The molecule has 0 saturated carbocycles. The van der Waals surface area contributed by atoms with E-state index < -0.39 is 0 Å². The molecule has 1 heterocycles. The van der Waals surface area contributed by atoms with Gasteiger partial charge in [0.05, 0.1) is 0 Å². The molecule has 0 atom stereocenters. The van der Waals surface area contributed by atoms with E-state index in [0.29, 0.717) is 5.11 Å². The molecule has 1 fully saturated rings. The number of rotatable bonds is 3. The van der Waals surface area contributed by atoms with Gasteiger partial charge in [-0.3, -0.25) is 5.43 Å². The number of piperazine rings is 1. The van der Waals surface area contributed by atoms with Crippen LogP contribution in [0.25, 0.3) is 0 Å². The topological polar surface area (TPSA) is 30.5 Å². The van der Waals surface area contributed by atoms with E-state index in [1.165, 1.54) is 0 Å². The number of thiocarbonyl (C=S) groups is 1. The fraction of sp³-hybridized carbons (Fsp3) is 0.700. The number of likely N-dealkylation sites (N-methyl/N-ethyl adjacent to an activating group) is 1. The second kappa shape index (κ2) is 6.05. The average Bonchev–Trinajstić information content (AvgIpc) is 2.19. The maximum absolute atomic E-state index is 5.16. The van der Waals surface area contributed by atoms with E-state index in [4.69, 9.17) is 12.2 Å². The summed E-state index contributed by atoms with van der Waals surface area (Å²) in [7, 11) is 2.13. The van der Waals surface area contributed by atoms with Crippen LogP contribution in [0.4, 0.5) is 0 Å². The highest BCUT2D eigenvalue weighted by Gasteiger charge is 2.13. The van der Waals surface area contributed by atoms with Crippen LogP contribution in [-0.2, 0) is 0 Å². The highest BCUT2D eigenvalue weighted by molar-refractivity contribution is 7.80. The van der Waals surface area contributed by atoms with Crippen molar-refractivity contribution in [3.05, 3.63) is 12.2 Å². The van der Waals surface area contributed by atoms with Crippen LogP contribution in [0, 0.1) is 0 Å². The van der Waals surface area contributed by atoms with E-state index in [9.17, 15) is 0 Å². The number of nitrogens with zero attached hydrogens (tertiary/aromatic N) is 2. The molecule has 0 spiro atoms. The predicted molar refractivity (Wildman–Crippen MR) is 67.6 cm³/mol. The van der Waals surface area contributed by atoms with E-state index >= 15 is 0 Å². The summed E-state index contributed by atoms with van der Waals surface area (Å²) in [5, 5.41) is 5.94. The lowest BCUT2D eigenvalue weighted by atomic mass is 10.3. The van der Waals surface area contributed by atoms with Gasteiger partial charge in [-0.05, 0) is 26.2 Å². The van der Waals surface area contributed by atoms with Crippen molar-refractivity contribution < 1.29 is 0 Å². The largest absolute Gasteiger partial charge is 0.358 e. The first-order valence-corrected chi connectivity index (χ1v) is 5.61. The van der Waals surface area contributed by atoms with Crippen molar-refractivity contribution in [3.8, 4) is 0 Å². The summed E-state index contributed by atoms with van der Waals surface area (Å²) >= 11 is 5.16. The molecule has 0 aromatic heterocycles. The zero-order valence-corrected chi connectivity index (χ0v) is 10.4. The second-order valence-electron chi connectivity index (χ2n) is 4.04. The first-order valence-electron chi connectivity index (χ1n) is 5.20. The first-order chi connectivity index (χ1) is 7.08. The van der Waals surface area contributed by atoms with Gasteiger partial charge in [0.2, 0.25) is 0 Å².